The number of nitrogens with zero attached hydrogens (tertiary/aromatic N) is 1. The Bertz CT molecular complexity index is 357. The summed E-state index contributed by atoms with van der Waals surface area (Å²) in [6.07, 6.45) is 0.762. The molecule has 0 amide bonds. The molecular formula is C9H16N2OS. The van der Waals surface area contributed by atoms with Crippen molar-refractivity contribution in [1.82, 2.24) is 9.55 Å². The van der Waals surface area contributed by atoms with Crippen LogP contribution < -0.4 is 0 Å². The Morgan fingerprint density at radius 1 is 1.46 bits per heavy atom. The van der Waals surface area contributed by atoms with Gasteiger partial charge in [0.05, 0.1) is 5.69 Å². The number of H-pyrrole nitrogens is 1. The van der Waals surface area contributed by atoms with E-state index in [-0.39, 0.29) is 11.4 Å². The molecule has 0 atom stereocenters. The predicted octanol–water partition coefficient (Wildman–Crippen LogP) is 2.57. The van der Waals surface area contributed by atoms with Gasteiger partial charge in [0.15, 0.2) is 4.77 Å². The van der Waals surface area contributed by atoms with Crippen LogP contribution in [0.4, 0.5) is 0 Å². The van der Waals surface area contributed by atoms with Gasteiger partial charge in [-0.3, -0.25) is 4.57 Å². The third kappa shape index (κ3) is 1.77. The van der Waals surface area contributed by atoms with Gasteiger partial charge in [-0.15, -0.1) is 0 Å². The van der Waals surface area contributed by atoms with Crippen LogP contribution >= 0.6 is 12.2 Å². The number of aromatic amines is 1. The summed E-state index contributed by atoms with van der Waals surface area (Å²) >= 11 is 5.12. The third-order valence-corrected chi connectivity index (χ3v) is 2.25. The number of hydrogen-bond donors (Lipinski definition) is 2. The standard InChI is InChI=1S/C9H16N2OS/c1-5-6-7(12)11(8(13)10-6)9(2,3)4/h12H,5H2,1-4H3,(H,10,13). The molecule has 1 heterocycles. The first-order valence-corrected chi connectivity index (χ1v) is 4.82. The van der Waals surface area contributed by atoms with Crippen molar-refractivity contribution in [2.24, 2.45) is 0 Å². The van der Waals surface area contributed by atoms with Crippen LogP contribution in [0.3, 0.4) is 0 Å². The van der Waals surface area contributed by atoms with Crippen LogP contribution in [0.5, 0.6) is 5.88 Å². The molecule has 0 fully saturated rings. The maximum atomic E-state index is 9.81. The summed E-state index contributed by atoms with van der Waals surface area (Å²) in [7, 11) is 0. The minimum Gasteiger partial charge on any atom is -0.493 e. The monoisotopic (exact) mass is 200 g/mol. The van der Waals surface area contributed by atoms with Crippen molar-refractivity contribution in [2.75, 3.05) is 0 Å². The highest BCUT2D eigenvalue weighted by Crippen LogP contribution is 2.25. The lowest BCUT2D eigenvalue weighted by molar-refractivity contribution is 0.321. The molecule has 2 N–H and O–H groups in total. The lowest BCUT2D eigenvalue weighted by atomic mass is 10.1. The first kappa shape index (κ1) is 10.3. The zero-order chi connectivity index (χ0) is 10.2. The summed E-state index contributed by atoms with van der Waals surface area (Å²) in [4.78, 5) is 3.00. The Morgan fingerprint density at radius 2 is 2.00 bits per heavy atom. The molecule has 3 nitrogen and oxygen atoms in total. The molecule has 1 aromatic heterocycles. The second kappa shape index (κ2) is 3.18. The Morgan fingerprint density at radius 3 is 2.23 bits per heavy atom. The lowest BCUT2D eigenvalue weighted by Gasteiger charge is -2.21. The van der Waals surface area contributed by atoms with Crippen molar-refractivity contribution in [3.05, 3.63) is 10.5 Å². The van der Waals surface area contributed by atoms with E-state index in [1.165, 1.54) is 0 Å². The van der Waals surface area contributed by atoms with Crippen molar-refractivity contribution in [1.29, 1.82) is 0 Å². The molecule has 0 spiro atoms. The van der Waals surface area contributed by atoms with Crippen LogP contribution in [0.25, 0.3) is 0 Å². The molecule has 4 heteroatoms. The zero-order valence-electron chi connectivity index (χ0n) is 8.51. The number of imidazole rings is 1. The highest BCUT2D eigenvalue weighted by molar-refractivity contribution is 7.71. The van der Waals surface area contributed by atoms with E-state index in [2.05, 4.69) is 4.98 Å². The predicted molar refractivity (Wildman–Crippen MR) is 55.7 cm³/mol. The SMILES string of the molecule is CCc1[nH]c(=S)n(C(C)(C)C)c1O. The van der Waals surface area contributed by atoms with E-state index in [1.54, 1.807) is 4.57 Å². The minimum atomic E-state index is -0.176. The quantitative estimate of drug-likeness (QED) is 0.684. The molecule has 13 heavy (non-hydrogen) atoms. The number of rotatable bonds is 1. The summed E-state index contributed by atoms with van der Waals surface area (Å²) in [6, 6.07) is 0. The smallest absolute Gasteiger partial charge is 0.213 e. The average molecular weight is 200 g/mol. The molecule has 0 radical (unpaired) electrons. The van der Waals surface area contributed by atoms with Gasteiger partial charge in [-0.25, -0.2) is 0 Å². The van der Waals surface area contributed by atoms with Gasteiger partial charge in [0, 0.05) is 5.54 Å². The maximum Gasteiger partial charge on any atom is 0.213 e. The summed E-state index contributed by atoms with van der Waals surface area (Å²) in [5.41, 5.74) is 0.630. The largest absolute Gasteiger partial charge is 0.493 e. The van der Waals surface area contributed by atoms with E-state index < -0.39 is 0 Å². The molecule has 74 valence electrons. The minimum absolute atomic E-state index is 0.176. The molecule has 1 rings (SSSR count). The molecule has 0 aromatic carbocycles. The normalized spacial score (nSPS) is 12.0. The van der Waals surface area contributed by atoms with E-state index in [4.69, 9.17) is 12.2 Å². The van der Waals surface area contributed by atoms with Gasteiger partial charge < -0.3 is 10.1 Å². The van der Waals surface area contributed by atoms with Crippen molar-refractivity contribution in [3.8, 4) is 5.88 Å². The van der Waals surface area contributed by atoms with Crippen molar-refractivity contribution >= 4 is 12.2 Å². The topological polar surface area (TPSA) is 41.0 Å². The first-order chi connectivity index (χ1) is 5.88. The van der Waals surface area contributed by atoms with Crippen LogP contribution in [0, 0.1) is 4.77 Å². The second-order valence-electron chi connectivity index (χ2n) is 4.09. The van der Waals surface area contributed by atoms with Crippen LogP contribution in [0.15, 0.2) is 0 Å². The van der Waals surface area contributed by atoms with Crippen molar-refractivity contribution in [3.63, 3.8) is 0 Å². The molecule has 0 saturated carbocycles. The number of aromatic hydroxyl groups is 1. The molecular weight excluding hydrogens is 184 g/mol. The molecule has 1 aromatic rings. The molecule has 0 aliphatic heterocycles. The lowest BCUT2D eigenvalue weighted by Crippen LogP contribution is -2.21. The molecule has 0 aliphatic carbocycles. The Balaban J connectivity index is 3.38. The van der Waals surface area contributed by atoms with E-state index in [0.717, 1.165) is 12.1 Å². The molecule has 0 bridgehead atoms. The van der Waals surface area contributed by atoms with Gasteiger partial charge in [-0.1, -0.05) is 6.92 Å². The highest BCUT2D eigenvalue weighted by Gasteiger charge is 2.20. The zero-order valence-corrected chi connectivity index (χ0v) is 9.33. The van der Waals surface area contributed by atoms with Crippen molar-refractivity contribution < 1.29 is 5.11 Å². The third-order valence-electron chi connectivity index (χ3n) is 1.97. The second-order valence-corrected chi connectivity index (χ2v) is 4.48. The van der Waals surface area contributed by atoms with Crippen LogP contribution in [0.1, 0.15) is 33.4 Å². The molecule has 0 saturated heterocycles. The van der Waals surface area contributed by atoms with Crippen LogP contribution in [-0.2, 0) is 12.0 Å². The van der Waals surface area contributed by atoms with Gasteiger partial charge in [0.25, 0.3) is 0 Å². The maximum absolute atomic E-state index is 9.81. The fraction of sp³-hybridized carbons (Fsp3) is 0.667. The van der Waals surface area contributed by atoms with Crippen LogP contribution in [-0.4, -0.2) is 14.7 Å². The van der Waals surface area contributed by atoms with Crippen LogP contribution in [0.2, 0.25) is 0 Å². The summed E-state index contributed by atoms with van der Waals surface area (Å²) in [5, 5.41) is 9.81. The van der Waals surface area contributed by atoms with Gasteiger partial charge >= 0.3 is 0 Å². The van der Waals surface area contributed by atoms with Gasteiger partial charge in [0.1, 0.15) is 0 Å². The van der Waals surface area contributed by atoms with E-state index >= 15 is 0 Å². The first-order valence-electron chi connectivity index (χ1n) is 4.41. The molecule has 0 unspecified atom stereocenters. The Hall–Kier alpha value is -0.770. The number of aryl methyl sites for hydroxylation is 1. The number of nitrogens with one attached hydrogen (secondary N) is 1. The average Bonchev–Trinajstić information content (AvgIpc) is 2.24. The fourth-order valence-corrected chi connectivity index (χ4v) is 1.82. The van der Waals surface area contributed by atoms with Gasteiger partial charge in [-0.2, -0.15) is 0 Å². The van der Waals surface area contributed by atoms with Gasteiger partial charge in [0.2, 0.25) is 5.88 Å². The van der Waals surface area contributed by atoms with Crippen molar-refractivity contribution in [2.45, 2.75) is 39.7 Å². The number of aromatic nitrogens is 2. The highest BCUT2D eigenvalue weighted by atomic mass is 32.1. The summed E-state index contributed by atoms with van der Waals surface area (Å²) in [5.74, 6) is 0.264. The Kier molecular flexibility index (Phi) is 2.52. The summed E-state index contributed by atoms with van der Waals surface area (Å²) < 4.78 is 2.32. The van der Waals surface area contributed by atoms with E-state index in [0.29, 0.717) is 4.77 Å². The fourth-order valence-electron chi connectivity index (χ4n) is 1.34. The van der Waals surface area contributed by atoms with E-state index in [9.17, 15) is 5.11 Å². The Labute approximate surface area is 83.4 Å². The number of hydrogen-bond acceptors (Lipinski definition) is 2. The molecule has 0 aliphatic rings. The van der Waals surface area contributed by atoms with E-state index in [1.807, 2.05) is 27.7 Å². The van der Waals surface area contributed by atoms with Gasteiger partial charge in [-0.05, 0) is 39.4 Å². The summed E-state index contributed by atoms with van der Waals surface area (Å²) in [6.45, 7) is 8.01.